The van der Waals surface area contributed by atoms with Crippen LogP contribution in [0.2, 0.25) is 0 Å². The topological polar surface area (TPSA) is 76.9 Å². The maximum Gasteiger partial charge on any atom is 0.433 e. The molecule has 0 fully saturated rings. The van der Waals surface area contributed by atoms with E-state index in [0.29, 0.717) is 11.1 Å². The highest BCUT2D eigenvalue weighted by molar-refractivity contribution is 6.00. The van der Waals surface area contributed by atoms with Crippen LogP contribution in [0.4, 0.5) is 13.2 Å². The molecule has 1 N–H and O–H groups in total. The minimum atomic E-state index is -4.65. The first kappa shape index (κ1) is 37.1. The summed E-state index contributed by atoms with van der Waals surface area (Å²) in [5.41, 5.74) is 1.94. The molecule has 2 aromatic heterocycles. The third-order valence-electron chi connectivity index (χ3n) is 6.14. The average molecular weight is 631 g/mol. The molecule has 0 atom stereocenters. The van der Waals surface area contributed by atoms with E-state index in [0.717, 1.165) is 10.7 Å². The van der Waals surface area contributed by atoms with Crippen molar-refractivity contribution < 1.29 is 22.8 Å². The van der Waals surface area contributed by atoms with Crippen molar-refractivity contribution in [3.63, 3.8) is 0 Å². The van der Waals surface area contributed by atoms with Crippen LogP contribution in [-0.4, -0.2) is 26.5 Å². The highest BCUT2D eigenvalue weighted by Gasteiger charge is 2.36. The van der Waals surface area contributed by atoms with E-state index in [9.17, 15) is 22.8 Å². The standard InChI is InChI=1S/C25H21F3N4O2.C9H12.C3H8/c1-4-21(11-10-16(2)30-24(34)19-8-5-7-18(13-19)17(3)33)32-23(25(26,27)28)14-22(31-32)20-9-6-12-29-15-20;1-2-6-9-7-4-3-5-8-9;1-3-2/h4-15H,2H2,1,3H3,(H,30,34);3-5,7-8H,2,6H2,1H3;3H2,1-2H3/b11-10-,21-4+;;. The van der Waals surface area contributed by atoms with E-state index < -0.39 is 17.8 Å². The fourth-order valence-electron chi connectivity index (χ4n) is 3.98. The van der Waals surface area contributed by atoms with Crippen molar-refractivity contribution in [1.82, 2.24) is 20.1 Å². The van der Waals surface area contributed by atoms with Gasteiger partial charge >= 0.3 is 6.18 Å². The van der Waals surface area contributed by atoms with Gasteiger partial charge in [-0.1, -0.05) is 88.7 Å². The first-order chi connectivity index (χ1) is 21.9. The van der Waals surface area contributed by atoms with Crippen molar-refractivity contribution in [1.29, 1.82) is 0 Å². The minimum Gasteiger partial charge on any atom is -0.323 e. The van der Waals surface area contributed by atoms with Crippen molar-refractivity contribution >= 4 is 17.4 Å². The van der Waals surface area contributed by atoms with Gasteiger partial charge in [0.05, 0.1) is 11.4 Å². The number of aryl methyl sites for hydroxylation is 1. The predicted molar refractivity (Wildman–Crippen MR) is 179 cm³/mol. The third-order valence-corrected chi connectivity index (χ3v) is 6.14. The number of hydrogen-bond acceptors (Lipinski definition) is 4. The van der Waals surface area contributed by atoms with Gasteiger partial charge < -0.3 is 5.32 Å². The molecule has 0 aliphatic carbocycles. The molecule has 0 bridgehead atoms. The second kappa shape index (κ2) is 18.7. The number of alkyl halides is 3. The number of rotatable bonds is 9. The lowest BCUT2D eigenvalue weighted by Crippen LogP contribution is -2.21. The van der Waals surface area contributed by atoms with Gasteiger partial charge in [0, 0.05) is 34.8 Å². The molecule has 4 rings (SSSR count). The summed E-state index contributed by atoms with van der Waals surface area (Å²) < 4.78 is 41.9. The van der Waals surface area contributed by atoms with Crippen LogP contribution in [-0.2, 0) is 12.6 Å². The number of aromatic nitrogens is 3. The van der Waals surface area contributed by atoms with Gasteiger partial charge in [-0.3, -0.25) is 14.6 Å². The van der Waals surface area contributed by atoms with Crippen molar-refractivity contribution in [3.05, 3.63) is 138 Å². The molecule has 6 nitrogen and oxygen atoms in total. The van der Waals surface area contributed by atoms with E-state index in [2.05, 4.69) is 73.1 Å². The van der Waals surface area contributed by atoms with Crippen molar-refractivity contribution in [2.75, 3.05) is 0 Å². The molecule has 0 radical (unpaired) electrons. The Kier molecular flexibility index (Phi) is 15.1. The van der Waals surface area contributed by atoms with Gasteiger partial charge in [-0.25, -0.2) is 4.68 Å². The number of hydrogen-bond donors (Lipinski definition) is 1. The number of nitrogens with zero attached hydrogens (tertiary/aromatic N) is 3. The molecule has 1 amide bonds. The normalized spacial score (nSPS) is 11.2. The van der Waals surface area contributed by atoms with Crippen LogP contribution >= 0.6 is 0 Å². The first-order valence-electron chi connectivity index (χ1n) is 15.0. The second-order valence-corrected chi connectivity index (χ2v) is 10.2. The molecule has 0 saturated carbocycles. The summed E-state index contributed by atoms with van der Waals surface area (Å²) in [5, 5.41) is 6.67. The lowest BCUT2D eigenvalue weighted by molar-refractivity contribution is -0.142. The quantitative estimate of drug-likeness (QED) is 0.148. The Hall–Kier alpha value is -5.05. The molecule has 242 valence electrons. The van der Waals surface area contributed by atoms with Gasteiger partial charge in [0.25, 0.3) is 5.91 Å². The fraction of sp³-hybridized carbons (Fsp3) is 0.243. The van der Waals surface area contributed by atoms with Gasteiger partial charge in [-0.05, 0) is 68.3 Å². The van der Waals surface area contributed by atoms with E-state index in [1.165, 1.54) is 74.5 Å². The monoisotopic (exact) mass is 630 g/mol. The molecule has 0 aliphatic heterocycles. The number of carbonyl (C=O) groups excluding carboxylic acids is 2. The number of carbonyl (C=O) groups is 2. The third kappa shape index (κ3) is 11.8. The molecule has 4 aromatic rings. The zero-order valence-corrected chi connectivity index (χ0v) is 26.9. The number of ketones is 1. The van der Waals surface area contributed by atoms with Crippen LogP contribution in [0.1, 0.15) is 79.4 Å². The van der Waals surface area contributed by atoms with Crippen LogP contribution in [0.3, 0.4) is 0 Å². The zero-order valence-electron chi connectivity index (χ0n) is 26.9. The highest BCUT2D eigenvalue weighted by Crippen LogP contribution is 2.34. The Labute approximate surface area is 269 Å². The number of allylic oxidation sites excluding steroid dienone is 4. The van der Waals surface area contributed by atoms with Crippen LogP contribution in [0.5, 0.6) is 0 Å². The number of benzene rings is 2. The molecule has 46 heavy (non-hydrogen) atoms. The lowest BCUT2D eigenvalue weighted by Gasteiger charge is -2.11. The Morgan fingerprint density at radius 1 is 0.935 bits per heavy atom. The van der Waals surface area contributed by atoms with E-state index in [1.807, 2.05) is 0 Å². The summed E-state index contributed by atoms with van der Waals surface area (Å²) in [7, 11) is 0. The van der Waals surface area contributed by atoms with Crippen molar-refractivity contribution in [3.8, 4) is 11.3 Å². The maximum atomic E-state index is 13.7. The van der Waals surface area contributed by atoms with Gasteiger partial charge in [-0.15, -0.1) is 0 Å². The highest BCUT2D eigenvalue weighted by atomic mass is 19.4. The maximum absolute atomic E-state index is 13.7. The molecule has 0 spiro atoms. The van der Waals surface area contributed by atoms with Crippen LogP contribution in [0.15, 0.2) is 116 Å². The Balaban J connectivity index is 0.000000515. The molecule has 0 unspecified atom stereocenters. The largest absolute Gasteiger partial charge is 0.433 e. The lowest BCUT2D eigenvalue weighted by atomic mass is 10.1. The van der Waals surface area contributed by atoms with E-state index >= 15 is 0 Å². The SMILES string of the molecule is C=C(/C=C\C(=C/C)n1nc(-c2cccnc2)cc1C(F)(F)F)NC(=O)c1cccc(C(C)=O)c1.CCC.CCCc1ccccc1. The summed E-state index contributed by atoms with van der Waals surface area (Å²) in [6.07, 6.45) is 6.18. The first-order valence-corrected chi connectivity index (χ1v) is 15.0. The van der Waals surface area contributed by atoms with E-state index in [1.54, 1.807) is 31.2 Å². The summed E-state index contributed by atoms with van der Waals surface area (Å²) in [6.45, 7) is 13.1. The van der Waals surface area contributed by atoms with Crippen molar-refractivity contribution in [2.45, 2.75) is 60.1 Å². The summed E-state index contributed by atoms with van der Waals surface area (Å²) in [6, 6.07) is 20.9. The average Bonchev–Trinajstić information content (AvgIpc) is 3.50. The Morgan fingerprint density at radius 2 is 1.61 bits per heavy atom. The summed E-state index contributed by atoms with van der Waals surface area (Å²) in [5.74, 6) is -0.690. The summed E-state index contributed by atoms with van der Waals surface area (Å²) >= 11 is 0. The number of pyridine rings is 1. The molecule has 9 heteroatoms. The predicted octanol–water partition coefficient (Wildman–Crippen LogP) is 9.58. The fourth-order valence-corrected chi connectivity index (χ4v) is 3.98. The zero-order chi connectivity index (χ0) is 34.1. The molecule has 0 aliphatic rings. The molecule has 2 heterocycles. The molecule has 2 aromatic carbocycles. The van der Waals surface area contributed by atoms with Gasteiger partial charge in [-0.2, -0.15) is 18.3 Å². The van der Waals surface area contributed by atoms with Gasteiger partial charge in [0.2, 0.25) is 0 Å². The van der Waals surface area contributed by atoms with Gasteiger partial charge in [0.1, 0.15) is 5.69 Å². The van der Waals surface area contributed by atoms with Crippen molar-refractivity contribution in [2.24, 2.45) is 0 Å². The Morgan fingerprint density at radius 3 is 2.17 bits per heavy atom. The van der Waals surface area contributed by atoms with Crippen LogP contribution in [0, 0.1) is 0 Å². The molecular weight excluding hydrogens is 589 g/mol. The number of amides is 1. The van der Waals surface area contributed by atoms with Crippen LogP contribution in [0.25, 0.3) is 17.0 Å². The number of Topliss-reactive ketones (excluding diaryl/α,β-unsaturated/α-hetero) is 1. The number of nitrogens with one attached hydrogen (secondary N) is 1. The summed E-state index contributed by atoms with van der Waals surface area (Å²) in [4.78, 5) is 27.9. The number of halogens is 3. The van der Waals surface area contributed by atoms with Crippen LogP contribution < -0.4 is 5.32 Å². The smallest absolute Gasteiger partial charge is 0.323 e. The second-order valence-electron chi connectivity index (χ2n) is 10.2. The Bertz CT molecular complexity index is 1620. The minimum absolute atomic E-state index is 0.116. The van der Waals surface area contributed by atoms with E-state index in [-0.39, 0.29) is 28.4 Å². The van der Waals surface area contributed by atoms with E-state index in [4.69, 9.17) is 0 Å². The molecule has 0 saturated heterocycles. The van der Waals surface area contributed by atoms with Gasteiger partial charge in [0.15, 0.2) is 5.78 Å². The molecular formula is C37H41F3N4O2.